The second kappa shape index (κ2) is 6.92. The summed E-state index contributed by atoms with van der Waals surface area (Å²) >= 11 is 1.41. The number of nitrogens with one attached hydrogen (secondary N) is 1. The third-order valence-corrected chi connectivity index (χ3v) is 4.31. The minimum atomic E-state index is -0.163. The van der Waals surface area contributed by atoms with Crippen molar-refractivity contribution in [3.63, 3.8) is 0 Å². The summed E-state index contributed by atoms with van der Waals surface area (Å²) in [5.74, 6) is 0.345. The van der Waals surface area contributed by atoms with Crippen molar-refractivity contribution in [3.05, 3.63) is 41.0 Å². The third kappa shape index (κ3) is 3.86. The van der Waals surface area contributed by atoms with E-state index in [4.69, 9.17) is 5.73 Å². The minimum absolute atomic E-state index is 0.163. The van der Waals surface area contributed by atoms with Crippen LogP contribution < -0.4 is 11.1 Å². The van der Waals surface area contributed by atoms with Crippen LogP contribution in [0.25, 0.3) is 10.9 Å². The Bertz CT molecular complexity index is 874. The fraction of sp³-hybridized carbons (Fsp3) is 0.294. The molecule has 0 atom stereocenters. The molecule has 124 valence electrons. The number of rotatable bonds is 5. The molecule has 3 rings (SSSR count). The number of nitrogens with two attached hydrogens (primary N) is 1. The smallest absolute Gasteiger partial charge is 0.232 e. The molecule has 0 bridgehead atoms. The molecule has 1 aromatic carbocycles. The summed E-state index contributed by atoms with van der Waals surface area (Å²) in [5, 5.41) is 13.3. The zero-order chi connectivity index (χ0) is 17.1. The number of amides is 1. The summed E-state index contributed by atoms with van der Waals surface area (Å²) in [6.45, 7) is 4.24. The lowest BCUT2D eigenvalue weighted by Gasteiger charge is -2.05. The quantitative estimate of drug-likeness (QED) is 0.696. The number of hydrogen-bond acceptors (Lipinski definition) is 6. The first-order chi connectivity index (χ1) is 11.5. The van der Waals surface area contributed by atoms with Crippen LogP contribution in [0.1, 0.15) is 24.5 Å². The van der Waals surface area contributed by atoms with Crippen LogP contribution in [0.4, 0.5) is 10.8 Å². The van der Waals surface area contributed by atoms with Crippen molar-refractivity contribution in [2.45, 2.75) is 26.7 Å². The van der Waals surface area contributed by atoms with Crippen molar-refractivity contribution in [3.8, 4) is 0 Å². The molecule has 0 aliphatic carbocycles. The summed E-state index contributed by atoms with van der Waals surface area (Å²) in [4.78, 5) is 16.7. The molecular weight excluding hydrogens is 322 g/mol. The summed E-state index contributed by atoms with van der Waals surface area (Å²) in [6, 6.07) is 9.39. The first-order valence-corrected chi connectivity index (χ1v) is 8.59. The van der Waals surface area contributed by atoms with Gasteiger partial charge in [0.1, 0.15) is 5.01 Å². The van der Waals surface area contributed by atoms with Gasteiger partial charge >= 0.3 is 0 Å². The summed E-state index contributed by atoms with van der Waals surface area (Å²) < 4.78 is 0. The molecule has 2 aromatic heterocycles. The first kappa shape index (κ1) is 16.3. The lowest BCUT2D eigenvalue weighted by molar-refractivity contribution is -0.115. The minimum Gasteiger partial charge on any atom is -0.397 e. The van der Waals surface area contributed by atoms with Crippen molar-refractivity contribution < 1.29 is 4.79 Å². The van der Waals surface area contributed by atoms with Gasteiger partial charge in [-0.3, -0.25) is 9.78 Å². The van der Waals surface area contributed by atoms with Crippen LogP contribution >= 0.6 is 11.3 Å². The molecule has 24 heavy (non-hydrogen) atoms. The fourth-order valence-electron chi connectivity index (χ4n) is 2.37. The van der Waals surface area contributed by atoms with Gasteiger partial charge in [0.25, 0.3) is 0 Å². The van der Waals surface area contributed by atoms with Gasteiger partial charge in [0.2, 0.25) is 11.0 Å². The van der Waals surface area contributed by atoms with E-state index in [1.165, 1.54) is 11.3 Å². The number of benzene rings is 1. The molecule has 3 aromatic rings. The standard InChI is InChI=1S/C17H19N5OS/c1-10(2)8-15-21-22-17(24-15)20-14(23)9-12-7-6-11-4-3-5-13(18)16(11)19-12/h3-7,10H,8-9,18H2,1-2H3,(H,20,22,23). The van der Waals surface area contributed by atoms with Gasteiger partial charge in [-0.25, -0.2) is 0 Å². The fourth-order valence-corrected chi connectivity index (χ4v) is 3.34. The number of carbonyl (C=O) groups excluding carboxylic acids is 1. The maximum atomic E-state index is 12.2. The Morgan fingerprint density at radius 1 is 1.25 bits per heavy atom. The van der Waals surface area contributed by atoms with Crippen LogP contribution in [0.15, 0.2) is 30.3 Å². The van der Waals surface area contributed by atoms with Gasteiger partial charge < -0.3 is 11.1 Å². The molecule has 1 amide bonds. The molecule has 7 heteroatoms. The molecule has 0 spiro atoms. The Kier molecular flexibility index (Phi) is 4.71. The van der Waals surface area contributed by atoms with E-state index in [0.717, 1.165) is 22.3 Å². The number of para-hydroxylation sites is 1. The predicted molar refractivity (Wildman–Crippen MR) is 96.9 cm³/mol. The van der Waals surface area contributed by atoms with Crippen LogP contribution in [-0.2, 0) is 17.6 Å². The van der Waals surface area contributed by atoms with Gasteiger partial charge in [0, 0.05) is 11.8 Å². The third-order valence-electron chi connectivity index (χ3n) is 3.45. The van der Waals surface area contributed by atoms with E-state index in [-0.39, 0.29) is 12.3 Å². The number of fused-ring (bicyclic) bond motifs is 1. The van der Waals surface area contributed by atoms with E-state index in [1.54, 1.807) is 6.07 Å². The number of carbonyl (C=O) groups is 1. The van der Waals surface area contributed by atoms with Crippen LogP contribution in [0.2, 0.25) is 0 Å². The number of nitrogens with zero attached hydrogens (tertiary/aromatic N) is 3. The van der Waals surface area contributed by atoms with Gasteiger partial charge in [-0.1, -0.05) is 43.4 Å². The molecule has 0 saturated carbocycles. The van der Waals surface area contributed by atoms with E-state index < -0.39 is 0 Å². The van der Waals surface area contributed by atoms with Crippen LogP contribution in [-0.4, -0.2) is 21.1 Å². The largest absolute Gasteiger partial charge is 0.397 e. The van der Waals surface area contributed by atoms with Gasteiger partial charge in [0.05, 0.1) is 23.3 Å². The van der Waals surface area contributed by atoms with Gasteiger partial charge in [-0.05, 0) is 18.1 Å². The summed E-state index contributed by atoms with van der Waals surface area (Å²) in [7, 11) is 0. The molecule has 2 heterocycles. The van der Waals surface area contributed by atoms with Gasteiger partial charge in [0.15, 0.2) is 0 Å². The van der Waals surface area contributed by atoms with Crippen molar-refractivity contribution >= 4 is 39.0 Å². The molecule has 6 nitrogen and oxygen atoms in total. The second-order valence-corrected chi connectivity index (χ2v) is 7.11. The van der Waals surface area contributed by atoms with Gasteiger partial charge in [-0.15, -0.1) is 10.2 Å². The highest BCUT2D eigenvalue weighted by Crippen LogP contribution is 2.20. The maximum absolute atomic E-state index is 12.2. The Morgan fingerprint density at radius 3 is 2.88 bits per heavy atom. The number of hydrogen-bond donors (Lipinski definition) is 2. The Hall–Kier alpha value is -2.54. The Balaban J connectivity index is 1.68. The monoisotopic (exact) mass is 341 g/mol. The van der Waals surface area contributed by atoms with E-state index >= 15 is 0 Å². The maximum Gasteiger partial charge on any atom is 0.232 e. The van der Waals surface area contributed by atoms with Crippen LogP contribution in [0.3, 0.4) is 0 Å². The van der Waals surface area contributed by atoms with Crippen molar-refractivity contribution in [1.29, 1.82) is 0 Å². The molecule has 0 saturated heterocycles. The topological polar surface area (TPSA) is 93.8 Å². The van der Waals surface area contributed by atoms with Crippen LogP contribution in [0.5, 0.6) is 0 Å². The lowest BCUT2D eigenvalue weighted by atomic mass is 10.1. The van der Waals surface area contributed by atoms with Crippen molar-refractivity contribution in [2.75, 3.05) is 11.1 Å². The van der Waals surface area contributed by atoms with Crippen LogP contribution in [0, 0.1) is 5.92 Å². The second-order valence-electron chi connectivity index (χ2n) is 6.05. The van der Waals surface area contributed by atoms with Gasteiger partial charge in [-0.2, -0.15) is 0 Å². The van der Waals surface area contributed by atoms with E-state index in [2.05, 4.69) is 34.3 Å². The number of anilines is 2. The van der Waals surface area contributed by atoms with E-state index in [0.29, 0.717) is 22.4 Å². The molecule has 0 unspecified atom stereocenters. The average molecular weight is 341 g/mol. The highest BCUT2D eigenvalue weighted by atomic mass is 32.1. The molecule has 3 N–H and O–H groups in total. The Labute approximate surface area is 144 Å². The number of aromatic nitrogens is 3. The highest BCUT2D eigenvalue weighted by molar-refractivity contribution is 7.15. The van der Waals surface area contributed by atoms with E-state index in [1.807, 2.05) is 24.3 Å². The summed E-state index contributed by atoms with van der Waals surface area (Å²) in [5.41, 5.74) is 7.94. The first-order valence-electron chi connectivity index (χ1n) is 7.77. The average Bonchev–Trinajstić information content (AvgIpc) is 2.94. The summed E-state index contributed by atoms with van der Waals surface area (Å²) in [6.07, 6.45) is 1.03. The molecule has 0 aliphatic heterocycles. The SMILES string of the molecule is CC(C)Cc1nnc(NC(=O)Cc2ccc3cccc(N)c3n2)s1. The highest BCUT2D eigenvalue weighted by Gasteiger charge is 2.11. The molecule has 0 fully saturated rings. The zero-order valence-corrected chi connectivity index (χ0v) is 14.4. The molecule has 0 radical (unpaired) electrons. The zero-order valence-electron chi connectivity index (χ0n) is 13.6. The van der Waals surface area contributed by atoms with Crippen molar-refractivity contribution in [2.24, 2.45) is 5.92 Å². The number of nitrogen functional groups attached to an aromatic ring is 1. The lowest BCUT2D eigenvalue weighted by Crippen LogP contribution is -2.15. The normalized spacial score (nSPS) is 11.1. The molecule has 0 aliphatic rings. The number of pyridine rings is 1. The van der Waals surface area contributed by atoms with E-state index in [9.17, 15) is 4.79 Å². The molecular formula is C17H19N5OS. The Morgan fingerprint density at radius 2 is 2.08 bits per heavy atom. The van der Waals surface area contributed by atoms with Crippen molar-refractivity contribution in [1.82, 2.24) is 15.2 Å². The predicted octanol–water partition coefficient (Wildman–Crippen LogP) is 3.05.